The Morgan fingerprint density at radius 2 is 2.25 bits per heavy atom. The predicted molar refractivity (Wildman–Crippen MR) is 72.1 cm³/mol. The highest BCUT2D eigenvalue weighted by Crippen LogP contribution is 2.11. The van der Waals surface area contributed by atoms with Crippen molar-refractivity contribution >= 4 is 5.91 Å². The number of rotatable bonds is 5. The molecule has 0 bridgehead atoms. The van der Waals surface area contributed by atoms with Crippen LogP contribution in [0.5, 0.6) is 0 Å². The molecular weight excluding hydrogens is 258 g/mol. The van der Waals surface area contributed by atoms with Gasteiger partial charge >= 0.3 is 0 Å². The monoisotopic (exact) mass is 277 g/mol. The molecule has 0 saturated heterocycles. The standard InChI is InChI=1S/C13H19N5O2/c1-9(18-8-6-14-10(18)2)13(19)17(4)7-5-12-15-11(3)20-16-12/h6,8-9H,5,7H2,1-4H3/t9-/m0/s1. The molecule has 0 aromatic carbocycles. The summed E-state index contributed by atoms with van der Waals surface area (Å²) >= 11 is 0. The highest BCUT2D eigenvalue weighted by molar-refractivity contribution is 5.79. The van der Waals surface area contributed by atoms with Gasteiger partial charge in [0.1, 0.15) is 11.9 Å². The summed E-state index contributed by atoms with van der Waals surface area (Å²) in [7, 11) is 1.78. The minimum atomic E-state index is -0.269. The molecule has 1 amide bonds. The van der Waals surface area contributed by atoms with Crippen LogP contribution in [0.4, 0.5) is 0 Å². The van der Waals surface area contributed by atoms with E-state index in [-0.39, 0.29) is 11.9 Å². The molecule has 0 saturated carbocycles. The van der Waals surface area contributed by atoms with Gasteiger partial charge < -0.3 is 14.0 Å². The van der Waals surface area contributed by atoms with Crippen LogP contribution in [0.1, 0.15) is 30.5 Å². The maximum atomic E-state index is 12.3. The third kappa shape index (κ3) is 3.04. The third-order valence-electron chi connectivity index (χ3n) is 3.25. The number of likely N-dealkylation sites (N-methyl/N-ethyl adjacent to an activating group) is 1. The van der Waals surface area contributed by atoms with Gasteiger partial charge in [0.05, 0.1) is 0 Å². The maximum Gasteiger partial charge on any atom is 0.245 e. The number of aryl methyl sites for hydroxylation is 2. The Labute approximate surface area is 117 Å². The van der Waals surface area contributed by atoms with Crippen LogP contribution in [-0.2, 0) is 11.2 Å². The van der Waals surface area contributed by atoms with Gasteiger partial charge in [-0.05, 0) is 13.8 Å². The number of nitrogens with zero attached hydrogens (tertiary/aromatic N) is 5. The summed E-state index contributed by atoms with van der Waals surface area (Å²) in [5, 5.41) is 3.82. The third-order valence-corrected chi connectivity index (χ3v) is 3.25. The number of imidazole rings is 1. The Kier molecular flexibility index (Phi) is 4.16. The number of carbonyl (C=O) groups excluding carboxylic acids is 1. The van der Waals surface area contributed by atoms with E-state index in [1.807, 2.05) is 24.6 Å². The Morgan fingerprint density at radius 3 is 2.80 bits per heavy atom. The maximum absolute atomic E-state index is 12.3. The molecule has 7 heteroatoms. The number of aromatic nitrogens is 4. The summed E-state index contributed by atoms with van der Waals surface area (Å²) in [4.78, 5) is 22.3. The minimum Gasteiger partial charge on any atom is -0.344 e. The fourth-order valence-electron chi connectivity index (χ4n) is 2.06. The zero-order chi connectivity index (χ0) is 14.7. The van der Waals surface area contributed by atoms with Crippen LogP contribution >= 0.6 is 0 Å². The fraction of sp³-hybridized carbons (Fsp3) is 0.538. The SMILES string of the molecule is Cc1nc(CCN(C)C(=O)[C@H](C)n2ccnc2C)no1. The molecule has 0 aliphatic carbocycles. The van der Waals surface area contributed by atoms with Gasteiger partial charge in [-0.3, -0.25) is 4.79 Å². The average molecular weight is 277 g/mol. The van der Waals surface area contributed by atoms with E-state index in [9.17, 15) is 4.79 Å². The van der Waals surface area contributed by atoms with E-state index < -0.39 is 0 Å². The van der Waals surface area contributed by atoms with E-state index in [1.165, 1.54) is 0 Å². The van der Waals surface area contributed by atoms with Crippen LogP contribution in [0, 0.1) is 13.8 Å². The quantitative estimate of drug-likeness (QED) is 0.819. The van der Waals surface area contributed by atoms with Crippen LogP contribution < -0.4 is 0 Å². The highest BCUT2D eigenvalue weighted by Gasteiger charge is 2.20. The molecule has 0 spiro atoms. The van der Waals surface area contributed by atoms with Crippen LogP contribution in [0.3, 0.4) is 0 Å². The number of hydrogen-bond donors (Lipinski definition) is 0. The summed E-state index contributed by atoms with van der Waals surface area (Å²) in [5.74, 6) is 2.02. The van der Waals surface area contributed by atoms with Crippen molar-refractivity contribution < 1.29 is 9.32 Å². The second-order valence-corrected chi connectivity index (χ2v) is 4.80. The second-order valence-electron chi connectivity index (χ2n) is 4.80. The van der Waals surface area contributed by atoms with E-state index in [0.29, 0.717) is 24.7 Å². The van der Waals surface area contributed by atoms with Gasteiger partial charge in [-0.15, -0.1) is 0 Å². The molecule has 0 radical (unpaired) electrons. The topological polar surface area (TPSA) is 77.1 Å². The first-order valence-corrected chi connectivity index (χ1v) is 6.52. The van der Waals surface area contributed by atoms with Crippen molar-refractivity contribution in [2.45, 2.75) is 33.2 Å². The lowest BCUT2D eigenvalue weighted by atomic mass is 10.2. The molecule has 0 N–H and O–H groups in total. The lowest BCUT2D eigenvalue weighted by Crippen LogP contribution is -2.34. The summed E-state index contributed by atoms with van der Waals surface area (Å²) in [6.07, 6.45) is 4.09. The predicted octanol–water partition coefficient (Wildman–Crippen LogP) is 1.15. The van der Waals surface area contributed by atoms with Crippen molar-refractivity contribution in [2.24, 2.45) is 0 Å². The van der Waals surface area contributed by atoms with Crippen molar-refractivity contribution in [1.29, 1.82) is 0 Å². The number of hydrogen-bond acceptors (Lipinski definition) is 5. The smallest absolute Gasteiger partial charge is 0.245 e. The Balaban J connectivity index is 1.93. The molecular formula is C13H19N5O2. The largest absolute Gasteiger partial charge is 0.344 e. The van der Waals surface area contributed by atoms with Gasteiger partial charge in [0.15, 0.2) is 5.82 Å². The normalized spacial score (nSPS) is 12.4. The molecule has 2 heterocycles. The van der Waals surface area contributed by atoms with Crippen LogP contribution in [0.25, 0.3) is 0 Å². The highest BCUT2D eigenvalue weighted by atomic mass is 16.5. The molecule has 20 heavy (non-hydrogen) atoms. The van der Waals surface area contributed by atoms with Crippen molar-refractivity contribution in [2.75, 3.05) is 13.6 Å². The number of amides is 1. The van der Waals surface area contributed by atoms with E-state index in [4.69, 9.17) is 4.52 Å². The minimum absolute atomic E-state index is 0.0336. The Morgan fingerprint density at radius 1 is 1.50 bits per heavy atom. The molecule has 7 nitrogen and oxygen atoms in total. The second kappa shape index (κ2) is 5.85. The summed E-state index contributed by atoms with van der Waals surface area (Å²) in [5.41, 5.74) is 0. The molecule has 2 rings (SSSR count). The van der Waals surface area contributed by atoms with Gasteiger partial charge in [0.2, 0.25) is 11.8 Å². The zero-order valence-corrected chi connectivity index (χ0v) is 12.2. The van der Waals surface area contributed by atoms with E-state index in [0.717, 1.165) is 5.82 Å². The van der Waals surface area contributed by atoms with Crippen LogP contribution in [0.2, 0.25) is 0 Å². The van der Waals surface area contributed by atoms with E-state index in [1.54, 1.807) is 25.1 Å². The Hall–Kier alpha value is -2.18. The lowest BCUT2D eigenvalue weighted by molar-refractivity contribution is -0.133. The average Bonchev–Trinajstić information content (AvgIpc) is 3.03. The van der Waals surface area contributed by atoms with Crippen LogP contribution in [0.15, 0.2) is 16.9 Å². The number of carbonyl (C=O) groups is 1. The van der Waals surface area contributed by atoms with Crippen molar-refractivity contribution in [3.63, 3.8) is 0 Å². The molecule has 108 valence electrons. The molecule has 0 aliphatic heterocycles. The molecule has 1 atom stereocenters. The van der Waals surface area contributed by atoms with Crippen molar-refractivity contribution in [3.05, 3.63) is 29.9 Å². The van der Waals surface area contributed by atoms with Crippen molar-refractivity contribution in [1.82, 2.24) is 24.6 Å². The summed E-state index contributed by atoms with van der Waals surface area (Å²) < 4.78 is 6.76. The molecule has 0 aliphatic rings. The van der Waals surface area contributed by atoms with E-state index >= 15 is 0 Å². The van der Waals surface area contributed by atoms with Gasteiger partial charge in [-0.2, -0.15) is 4.98 Å². The van der Waals surface area contributed by atoms with Crippen molar-refractivity contribution in [3.8, 4) is 0 Å². The Bertz CT molecular complexity index is 589. The van der Waals surface area contributed by atoms with Gasteiger partial charge in [-0.25, -0.2) is 4.98 Å². The lowest BCUT2D eigenvalue weighted by Gasteiger charge is -2.22. The first-order valence-electron chi connectivity index (χ1n) is 6.52. The molecule has 2 aromatic heterocycles. The molecule has 0 unspecified atom stereocenters. The van der Waals surface area contributed by atoms with E-state index in [2.05, 4.69) is 15.1 Å². The molecule has 0 fully saturated rings. The first-order chi connectivity index (χ1) is 9.49. The van der Waals surface area contributed by atoms with Gasteiger partial charge in [0.25, 0.3) is 0 Å². The van der Waals surface area contributed by atoms with Gasteiger partial charge in [-0.1, -0.05) is 5.16 Å². The fourth-order valence-corrected chi connectivity index (χ4v) is 2.06. The van der Waals surface area contributed by atoms with Crippen LogP contribution in [-0.4, -0.2) is 44.1 Å². The zero-order valence-electron chi connectivity index (χ0n) is 12.2. The summed E-state index contributed by atoms with van der Waals surface area (Å²) in [6.45, 7) is 6.04. The first kappa shape index (κ1) is 14.2. The molecule has 2 aromatic rings. The van der Waals surface area contributed by atoms with Gasteiger partial charge in [0, 0.05) is 39.3 Å². The summed E-state index contributed by atoms with van der Waals surface area (Å²) in [6, 6.07) is -0.269.